The predicted octanol–water partition coefficient (Wildman–Crippen LogP) is -0.0517. The van der Waals surface area contributed by atoms with Crippen LogP contribution in [0.5, 0.6) is 0 Å². The van der Waals surface area contributed by atoms with Crippen LogP contribution in [0.1, 0.15) is 20.3 Å². The van der Waals surface area contributed by atoms with E-state index in [1.54, 1.807) is 7.05 Å². The van der Waals surface area contributed by atoms with Gasteiger partial charge >= 0.3 is 0 Å². The molecular formula is C12H30N4O2S. The van der Waals surface area contributed by atoms with E-state index >= 15 is 0 Å². The van der Waals surface area contributed by atoms with Crippen LogP contribution in [0.4, 0.5) is 0 Å². The summed E-state index contributed by atoms with van der Waals surface area (Å²) >= 11 is 0. The van der Waals surface area contributed by atoms with E-state index in [0.717, 1.165) is 13.0 Å². The summed E-state index contributed by atoms with van der Waals surface area (Å²) < 4.78 is 28.6. The molecule has 6 nitrogen and oxygen atoms in total. The van der Waals surface area contributed by atoms with Gasteiger partial charge in [0.25, 0.3) is 10.2 Å². The fourth-order valence-corrected chi connectivity index (χ4v) is 2.94. The number of hydrogen-bond donors (Lipinski definition) is 2. The molecule has 0 fully saturated rings. The maximum atomic E-state index is 12.2. The van der Waals surface area contributed by atoms with Crippen LogP contribution in [0.15, 0.2) is 0 Å². The SMILES string of the molecule is CNCCCN(C)S(=O)(=O)NC(CN(C)C)C(C)C. The minimum absolute atomic E-state index is 0.0771. The molecule has 0 aliphatic carbocycles. The third-order valence-electron chi connectivity index (χ3n) is 2.98. The molecule has 0 rings (SSSR count). The quantitative estimate of drug-likeness (QED) is 0.555. The number of nitrogens with one attached hydrogen (secondary N) is 2. The van der Waals surface area contributed by atoms with Gasteiger partial charge in [-0.25, -0.2) is 0 Å². The highest BCUT2D eigenvalue weighted by molar-refractivity contribution is 7.87. The van der Waals surface area contributed by atoms with Gasteiger partial charge in [0.05, 0.1) is 0 Å². The molecular weight excluding hydrogens is 264 g/mol. The maximum Gasteiger partial charge on any atom is 0.279 e. The second-order valence-corrected chi connectivity index (χ2v) is 7.32. The zero-order valence-electron chi connectivity index (χ0n) is 13.1. The molecule has 1 unspecified atom stereocenters. The highest BCUT2D eigenvalue weighted by Gasteiger charge is 2.24. The molecule has 19 heavy (non-hydrogen) atoms. The van der Waals surface area contributed by atoms with Gasteiger partial charge < -0.3 is 10.2 Å². The molecule has 0 aromatic rings. The summed E-state index contributed by atoms with van der Waals surface area (Å²) in [6, 6.07) is -0.0771. The molecule has 0 spiro atoms. The topological polar surface area (TPSA) is 64.7 Å². The second kappa shape index (κ2) is 8.86. The molecule has 0 saturated heterocycles. The van der Waals surface area contributed by atoms with Gasteiger partial charge in [-0.15, -0.1) is 0 Å². The van der Waals surface area contributed by atoms with Gasteiger partial charge in [-0.05, 0) is 40.0 Å². The summed E-state index contributed by atoms with van der Waals surface area (Å²) in [6.45, 7) is 6.07. The number of rotatable bonds is 10. The Labute approximate surface area is 118 Å². The molecule has 0 aliphatic heterocycles. The predicted molar refractivity (Wildman–Crippen MR) is 80.4 cm³/mol. The van der Waals surface area contributed by atoms with Crippen molar-refractivity contribution in [3.63, 3.8) is 0 Å². The van der Waals surface area contributed by atoms with Crippen molar-refractivity contribution in [3.8, 4) is 0 Å². The van der Waals surface area contributed by atoms with Gasteiger partial charge in [-0.2, -0.15) is 17.4 Å². The zero-order chi connectivity index (χ0) is 15.1. The van der Waals surface area contributed by atoms with Crippen LogP contribution >= 0.6 is 0 Å². The first kappa shape index (κ1) is 18.8. The van der Waals surface area contributed by atoms with Crippen LogP contribution in [0.2, 0.25) is 0 Å². The fourth-order valence-electron chi connectivity index (χ4n) is 1.66. The molecule has 0 heterocycles. The number of nitrogens with zero attached hydrogens (tertiary/aromatic N) is 2. The Morgan fingerprint density at radius 1 is 1.16 bits per heavy atom. The molecule has 7 heteroatoms. The average molecular weight is 294 g/mol. The summed E-state index contributed by atoms with van der Waals surface area (Å²) in [5.74, 6) is 0.253. The molecule has 0 aromatic carbocycles. The van der Waals surface area contributed by atoms with E-state index < -0.39 is 10.2 Å². The third-order valence-corrected chi connectivity index (χ3v) is 4.58. The zero-order valence-corrected chi connectivity index (χ0v) is 13.9. The number of hydrogen-bond acceptors (Lipinski definition) is 4. The Morgan fingerprint density at radius 2 is 1.74 bits per heavy atom. The molecule has 2 N–H and O–H groups in total. The van der Waals surface area contributed by atoms with E-state index in [1.807, 2.05) is 39.9 Å². The van der Waals surface area contributed by atoms with Crippen molar-refractivity contribution in [2.45, 2.75) is 26.3 Å². The van der Waals surface area contributed by atoms with E-state index in [1.165, 1.54) is 4.31 Å². The van der Waals surface area contributed by atoms with Crippen LogP contribution in [0.3, 0.4) is 0 Å². The van der Waals surface area contributed by atoms with Crippen molar-refractivity contribution in [1.82, 2.24) is 19.2 Å². The van der Waals surface area contributed by atoms with E-state index in [4.69, 9.17) is 0 Å². The molecule has 0 amide bonds. The van der Waals surface area contributed by atoms with Gasteiger partial charge in [0.1, 0.15) is 0 Å². The Balaban J connectivity index is 4.53. The monoisotopic (exact) mass is 294 g/mol. The van der Waals surface area contributed by atoms with Gasteiger partial charge in [0.2, 0.25) is 0 Å². The Morgan fingerprint density at radius 3 is 2.16 bits per heavy atom. The lowest BCUT2D eigenvalue weighted by Crippen LogP contribution is -2.49. The van der Waals surface area contributed by atoms with Crippen molar-refractivity contribution in [2.75, 3.05) is 47.8 Å². The lowest BCUT2D eigenvalue weighted by atomic mass is 10.1. The summed E-state index contributed by atoms with van der Waals surface area (Å²) in [5, 5.41) is 3.01. The lowest BCUT2D eigenvalue weighted by Gasteiger charge is -2.28. The van der Waals surface area contributed by atoms with Gasteiger partial charge in [-0.3, -0.25) is 0 Å². The normalized spacial score (nSPS) is 14.6. The van der Waals surface area contributed by atoms with Crippen LogP contribution in [0.25, 0.3) is 0 Å². The van der Waals surface area contributed by atoms with E-state index in [9.17, 15) is 8.42 Å². The standard InChI is InChI=1S/C12H30N4O2S/c1-11(2)12(10-15(4)5)14-19(17,18)16(6)9-7-8-13-3/h11-14H,7-10H2,1-6H3. The first-order valence-corrected chi connectivity index (χ1v) is 8.17. The smallest absolute Gasteiger partial charge is 0.279 e. The minimum Gasteiger partial charge on any atom is -0.320 e. The van der Waals surface area contributed by atoms with Crippen LogP contribution < -0.4 is 10.0 Å². The van der Waals surface area contributed by atoms with Crippen LogP contribution in [-0.4, -0.2) is 71.5 Å². The van der Waals surface area contributed by atoms with Gasteiger partial charge in [0.15, 0.2) is 0 Å². The molecule has 0 bridgehead atoms. The summed E-state index contributed by atoms with van der Waals surface area (Å²) in [6.07, 6.45) is 0.800. The highest BCUT2D eigenvalue weighted by atomic mass is 32.2. The van der Waals surface area contributed by atoms with E-state index in [2.05, 4.69) is 10.0 Å². The Bertz CT molecular complexity index is 331. The molecule has 0 saturated carbocycles. The summed E-state index contributed by atoms with van der Waals surface area (Å²) in [5.41, 5.74) is 0. The minimum atomic E-state index is -3.40. The Kier molecular flexibility index (Phi) is 8.76. The average Bonchev–Trinajstić information content (AvgIpc) is 2.27. The van der Waals surface area contributed by atoms with E-state index in [0.29, 0.717) is 13.1 Å². The fraction of sp³-hybridized carbons (Fsp3) is 1.00. The van der Waals surface area contributed by atoms with E-state index in [-0.39, 0.29) is 12.0 Å². The van der Waals surface area contributed by atoms with Crippen molar-refractivity contribution < 1.29 is 8.42 Å². The van der Waals surface area contributed by atoms with Gasteiger partial charge in [0, 0.05) is 26.2 Å². The maximum absolute atomic E-state index is 12.2. The molecule has 1 atom stereocenters. The van der Waals surface area contributed by atoms with Crippen molar-refractivity contribution in [2.24, 2.45) is 5.92 Å². The molecule has 0 aromatic heterocycles. The van der Waals surface area contributed by atoms with Gasteiger partial charge in [-0.1, -0.05) is 13.8 Å². The number of likely N-dealkylation sites (N-methyl/N-ethyl adjacent to an activating group) is 1. The van der Waals surface area contributed by atoms with Crippen molar-refractivity contribution in [3.05, 3.63) is 0 Å². The first-order chi connectivity index (χ1) is 8.70. The Hall–Kier alpha value is -0.210. The molecule has 0 aliphatic rings. The lowest BCUT2D eigenvalue weighted by molar-refractivity contribution is 0.308. The van der Waals surface area contributed by atoms with Crippen molar-refractivity contribution in [1.29, 1.82) is 0 Å². The summed E-state index contributed by atoms with van der Waals surface area (Å²) in [7, 11) is 3.96. The third kappa shape index (κ3) is 7.84. The van der Waals surface area contributed by atoms with Crippen LogP contribution in [0, 0.1) is 5.92 Å². The molecule has 0 radical (unpaired) electrons. The largest absolute Gasteiger partial charge is 0.320 e. The molecule has 116 valence electrons. The summed E-state index contributed by atoms with van der Waals surface area (Å²) in [4.78, 5) is 1.99. The second-order valence-electron chi connectivity index (χ2n) is 5.51. The van der Waals surface area contributed by atoms with Crippen LogP contribution in [-0.2, 0) is 10.2 Å². The van der Waals surface area contributed by atoms with Crippen molar-refractivity contribution >= 4 is 10.2 Å². The first-order valence-electron chi connectivity index (χ1n) is 6.73. The highest BCUT2D eigenvalue weighted by Crippen LogP contribution is 2.06.